The van der Waals surface area contributed by atoms with E-state index in [0.29, 0.717) is 0 Å². The first-order valence-corrected chi connectivity index (χ1v) is 7.03. The number of rotatable bonds is 1. The SMILES string of the molecule is Cc1cc(Br)ccc1C(=O)N1CCCCCC1. The average molecular weight is 296 g/mol. The molecule has 2 nitrogen and oxygen atoms in total. The van der Waals surface area contributed by atoms with Crippen molar-refractivity contribution >= 4 is 21.8 Å². The third kappa shape index (κ3) is 3.09. The highest BCUT2D eigenvalue weighted by atomic mass is 79.9. The Kier molecular flexibility index (Phi) is 4.21. The molecule has 3 heteroatoms. The summed E-state index contributed by atoms with van der Waals surface area (Å²) >= 11 is 3.43. The second kappa shape index (κ2) is 5.67. The molecule has 0 radical (unpaired) electrons. The van der Waals surface area contributed by atoms with E-state index >= 15 is 0 Å². The molecule has 1 fully saturated rings. The molecule has 0 N–H and O–H groups in total. The van der Waals surface area contributed by atoms with Gasteiger partial charge in [0.1, 0.15) is 0 Å². The lowest BCUT2D eigenvalue weighted by Crippen LogP contribution is -2.32. The van der Waals surface area contributed by atoms with E-state index in [1.165, 1.54) is 12.8 Å². The summed E-state index contributed by atoms with van der Waals surface area (Å²) in [6.45, 7) is 3.82. The Labute approximate surface area is 111 Å². The normalized spacial score (nSPS) is 16.7. The third-order valence-electron chi connectivity index (χ3n) is 3.31. The van der Waals surface area contributed by atoms with E-state index in [0.717, 1.165) is 41.5 Å². The lowest BCUT2D eigenvalue weighted by atomic mass is 10.1. The number of carbonyl (C=O) groups excluding carboxylic acids is 1. The molecule has 1 aromatic rings. The standard InChI is InChI=1S/C14H18BrNO/c1-11-10-12(15)6-7-13(11)14(17)16-8-4-2-3-5-9-16/h6-7,10H,2-5,8-9H2,1H3. The largest absolute Gasteiger partial charge is 0.339 e. The van der Waals surface area contributed by atoms with Crippen molar-refractivity contribution in [1.29, 1.82) is 0 Å². The molecule has 1 amide bonds. The first kappa shape index (κ1) is 12.6. The minimum Gasteiger partial charge on any atom is -0.339 e. The molecule has 0 aromatic heterocycles. The number of hydrogen-bond donors (Lipinski definition) is 0. The molecular formula is C14H18BrNO. The Morgan fingerprint density at radius 1 is 1.18 bits per heavy atom. The van der Waals surface area contributed by atoms with Gasteiger partial charge in [-0.3, -0.25) is 4.79 Å². The minimum absolute atomic E-state index is 0.192. The zero-order chi connectivity index (χ0) is 12.3. The average Bonchev–Trinajstić information content (AvgIpc) is 2.56. The lowest BCUT2D eigenvalue weighted by molar-refractivity contribution is 0.0761. The molecule has 0 spiro atoms. The van der Waals surface area contributed by atoms with Gasteiger partial charge in [0.05, 0.1) is 0 Å². The highest BCUT2D eigenvalue weighted by Gasteiger charge is 2.18. The van der Waals surface area contributed by atoms with Crippen LogP contribution in [0.25, 0.3) is 0 Å². The van der Waals surface area contributed by atoms with Crippen LogP contribution < -0.4 is 0 Å². The van der Waals surface area contributed by atoms with Crippen molar-refractivity contribution < 1.29 is 4.79 Å². The summed E-state index contributed by atoms with van der Waals surface area (Å²) < 4.78 is 1.03. The van der Waals surface area contributed by atoms with E-state index in [9.17, 15) is 4.79 Å². The van der Waals surface area contributed by atoms with Gasteiger partial charge in [-0.25, -0.2) is 0 Å². The van der Waals surface area contributed by atoms with Crippen LogP contribution in [-0.4, -0.2) is 23.9 Å². The van der Waals surface area contributed by atoms with Crippen molar-refractivity contribution in [2.24, 2.45) is 0 Å². The minimum atomic E-state index is 0.192. The predicted molar refractivity (Wildman–Crippen MR) is 73.3 cm³/mol. The molecule has 92 valence electrons. The maximum atomic E-state index is 12.4. The Balaban J connectivity index is 2.17. The molecule has 0 saturated carbocycles. The van der Waals surface area contributed by atoms with E-state index in [1.54, 1.807) is 0 Å². The van der Waals surface area contributed by atoms with Crippen LogP contribution >= 0.6 is 15.9 Å². The summed E-state index contributed by atoms with van der Waals surface area (Å²) in [6.07, 6.45) is 4.79. The quantitative estimate of drug-likeness (QED) is 0.772. The first-order chi connectivity index (χ1) is 8.18. The van der Waals surface area contributed by atoms with E-state index in [1.807, 2.05) is 30.0 Å². The smallest absolute Gasteiger partial charge is 0.254 e. The number of likely N-dealkylation sites (tertiary alicyclic amines) is 1. The summed E-state index contributed by atoms with van der Waals surface area (Å²) in [6, 6.07) is 5.87. The lowest BCUT2D eigenvalue weighted by Gasteiger charge is -2.21. The molecule has 0 bridgehead atoms. The Morgan fingerprint density at radius 2 is 1.82 bits per heavy atom. The van der Waals surface area contributed by atoms with Gasteiger partial charge in [0.25, 0.3) is 5.91 Å². The Bertz CT molecular complexity index is 409. The molecule has 17 heavy (non-hydrogen) atoms. The predicted octanol–water partition coefficient (Wildman–Crippen LogP) is 3.77. The van der Waals surface area contributed by atoms with Crippen molar-refractivity contribution in [1.82, 2.24) is 4.90 Å². The fourth-order valence-corrected chi connectivity index (χ4v) is 2.79. The molecule has 1 heterocycles. The summed E-state index contributed by atoms with van der Waals surface area (Å²) in [5.41, 5.74) is 1.89. The van der Waals surface area contributed by atoms with Gasteiger partial charge in [-0.1, -0.05) is 28.8 Å². The number of hydrogen-bond acceptors (Lipinski definition) is 1. The van der Waals surface area contributed by atoms with Crippen LogP contribution in [0.5, 0.6) is 0 Å². The van der Waals surface area contributed by atoms with Crippen molar-refractivity contribution in [2.45, 2.75) is 32.6 Å². The maximum Gasteiger partial charge on any atom is 0.254 e. The molecular weight excluding hydrogens is 278 g/mol. The molecule has 1 aliphatic rings. The fraction of sp³-hybridized carbons (Fsp3) is 0.500. The monoisotopic (exact) mass is 295 g/mol. The van der Waals surface area contributed by atoms with Gasteiger partial charge in [0, 0.05) is 23.1 Å². The van der Waals surface area contributed by atoms with E-state index in [-0.39, 0.29) is 5.91 Å². The number of carbonyl (C=O) groups is 1. The highest BCUT2D eigenvalue weighted by molar-refractivity contribution is 9.10. The zero-order valence-electron chi connectivity index (χ0n) is 10.2. The fourth-order valence-electron chi connectivity index (χ4n) is 2.31. The Hall–Kier alpha value is -0.830. The van der Waals surface area contributed by atoms with Crippen LogP contribution in [0.4, 0.5) is 0 Å². The van der Waals surface area contributed by atoms with E-state index in [2.05, 4.69) is 15.9 Å². The number of amides is 1. The zero-order valence-corrected chi connectivity index (χ0v) is 11.8. The highest BCUT2D eigenvalue weighted by Crippen LogP contribution is 2.19. The topological polar surface area (TPSA) is 20.3 Å². The summed E-state index contributed by atoms with van der Waals surface area (Å²) in [5.74, 6) is 0.192. The van der Waals surface area contributed by atoms with Gasteiger partial charge in [0.2, 0.25) is 0 Å². The summed E-state index contributed by atoms with van der Waals surface area (Å²) in [5, 5.41) is 0. The van der Waals surface area contributed by atoms with Gasteiger partial charge < -0.3 is 4.90 Å². The third-order valence-corrected chi connectivity index (χ3v) is 3.81. The molecule has 0 aliphatic carbocycles. The van der Waals surface area contributed by atoms with Crippen LogP contribution in [0.1, 0.15) is 41.6 Å². The van der Waals surface area contributed by atoms with Gasteiger partial charge in [-0.2, -0.15) is 0 Å². The molecule has 0 atom stereocenters. The van der Waals surface area contributed by atoms with Gasteiger partial charge in [-0.05, 0) is 43.5 Å². The van der Waals surface area contributed by atoms with Gasteiger partial charge in [0.15, 0.2) is 0 Å². The van der Waals surface area contributed by atoms with Gasteiger partial charge in [-0.15, -0.1) is 0 Å². The Morgan fingerprint density at radius 3 is 2.41 bits per heavy atom. The van der Waals surface area contributed by atoms with Crippen LogP contribution in [-0.2, 0) is 0 Å². The number of benzene rings is 1. The van der Waals surface area contributed by atoms with Crippen molar-refractivity contribution in [3.8, 4) is 0 Å². The van der Waals surface area contributed by atoms with Crippen LogP contribution in [0, 0.1) is 6.92 Å². The van der Waals surface area contributed by atoms with Crippen LogP contribution in [0.2, 0.25) is 0 Å². The molecule has 1 saturated heterocycles. The van der Waals surface area contributed by atoms with Gasteiger partial charge >= 0.3 is 0 Å². The van der Waals surface area contributed by atoms with Crippen molar-refractivity contribution in [3.05, 3.63) is 33.8 Å². The van der Waals surface area contributed by atoms with E-state index < -0.39 is 0 Å². The van der Waals surface area contributed by atoms with Crippen LogP contribution in [0.15, 0.2) is 22.7 Å². The maximum absolute atomic E-state index is 12.4. The van der Waals surface area contributed by atoms with Crippen molar-refractivity contribution in [2.75, 3.05) is 13.1 Å². The van der Waals surface area contributed by atoms with Crippen molar-refractivity contribution in [3.63, 3.8) is 0 Å². The second-order valence-corrected chi connectivity index (χ2v) is 5.58. The molecule has 1 aliphatic heterocycles. The first-order valence-electron chi connectivity index (χ1n) is 6.24. The van der Waals surface area contributed by atoms with E-state index in [4.69, 9.17) is 0 Å². The molecule has 1 aromatic carbocycles. The molecule has 0 unspecified atom stereocenters. The molecule has 2 rings (SSSR count). The van der Waals surface area contributed by atoms with Crippen LogP contribution in [0.3, 0.4) is 0 Å². The summed E-state index contributed by atoms with van der Waals surface area (Å²) in [7, 11) is 0. The number of halogens is 1. The number of aryl methyl sites for hydroxylation is 1. The number of nitrogens with zero attached hydrogens (tertiary/aromatic N) is 1. The second-order valence-electron chi connectivity index (χ2n) is 4.67. The summed E-state index contributed by atoms with van der Waals surface area (Å²) in [4.78, 5) is 14.4.